The predicted octanol–water partition coefficient (Wildman–Crippen LogP) is 1.82. The lowest BCUT2D eigenvalue weighted by Crippen LogP contribution is -2.28. The summed E-state index contributed by atoms with van der Waals surface area (Å²) in [5.41, 5.74) is 1.79. The largest absolute Gasteiger partial charge is 0.334 e. The third kappa shape index (κ3) is 1.83. The maximum atomic E-state index is 11.9. The van der Waals surface area contributed by atoms with Crippen LogP contribution in [0.4, 0.5) is 0 Å². The number of hydrogen-bond donors (Lipinski definition) is 3. The molecule has 0 spiro atoms. The summed E-state index contributed by atoms with van der Waals surface area (Å²) in [5.74, 6) is 5.52. The van der Waals surface area contributed by atoms with Crippen LogP contribution in [0.1, 0.15) is 0 Å². The van der Waals surface area contributed by atoms with E-state index in [2.05, 4.69) is 15.2 Å². The Morgan fingerprint density at radius 3 is 2.63 bits per heavy atom. The molecule has 0 atom stereocenters. The highest BCUT2D eigenvalue weighted by molar-refractivity contribution is 7.71. The molecule has 1 aromatic carbocycles. The standard InChI is InChI=1S/C11H8ClN5OS/c12-6-3-1-5(2-4-6)7-8-9(16-15-7)10(18)17(13)11(19)14-8/h1-4H,13H2,(H,14,19)(H,15,16). The van der Waals surface area contributed by atoms with Crippen LogP contribution in [0.25, 0.3) is 22.3 Å². The van der Waals surface area contributed by atoms with Crippen molar-refractivity contribution >= 4 is 34.9 Å². The highest BCUT2D eigenvalue weighted by atomic mass is 35.5. The molecule has 2 aromatic heterocycles. The maximum Gasteiger partial charge on any atom is 0.298 e. The van der Waals surface area contributed by atoms with Gasteiger partial charge in [-0.3, -0.25) is 9.89 Å². The number of nitrogens with two attached hydrogens (primary N) is 1. The molecule has 19 heavy (non-hydrogen) atoms. The number of aromatic nitrogens is 4. The Hall–Kier alpha value is -2.12. The van der Waals surface area contributed by atoms with Gasteiger partial charge in [0.2, 0.25) is 0 Å². The molecule has 0 saturated carbocycles. The molecule has 0 radical (unpaired) electrons. The van der Waals surface area contributed by atoms with Crippen molar-refractivity contribution < 1.29 is 0 Å². The highest BCUT2D eigenvalue weighted by Crippen LogP contribution is 2.24. The van der Waals surface area contributed by atoms with Crippen molar-refractivity contribution in [1.82, 2.24) is 19.9 Å². The first-order valence-electron chi connectivity index (χ1n) is 5.32. The van der Waals surface area contributed by atoms with Gasteiger partial charge in [-0.05, 0) is 24.4 Å². The number of aromatic amines is 2. The van der Waals surface area contributed by atoms with Crippen molar-refractivity contribution in [2.45, 2.75) is 0 Å². The zero-order valence-electron chi connectivity index (χ0n) is 9.48. The van der Waals surface area contributed by atoms with Gasteiger partial charge in [0.15, 0.2) is 4.77 Å². The first-order chi connectivity index (χ1) is 9.08. The normalized spacial score (nSPS) is 11.0. The number of halogens is 1. The fourth-order valence-corrected chi connectivity index (χ4v) is 2.13. The molecule has 4 N–H and O–H groups in total. The van der Waals surface area contributed by atoms with E-state index in [1.54, 1.807) is 12.1 Å². The molecule has 0 unspecified atom stereocenters. The van der Waals surface area contributed by atoms with Gasteiger partial charge in [-0.1, -0.05) is 23.7 Å². The number of nitrogens with zero attached hydrogens (tertiary/aromatic N) is 2. The van der Waals surface area contributed by atoms with Crippen LogP contribution in [0, 0.1) is 4.77 Å². The van der Waals surface area contributed by atoms with E-state index in [0.717, 1.165) is 10.2 Å². The number of rotatable bonds is 1. The van der Waals surface area contributed by atoms with Crippen LogP contribution >= 0.6 is 23.8 Å². The Morgan fingerprint density at radius 2 is 1.95 bits per heavy atom. The highest BCUT2D eigenvalue weighted by Gasteiger charge is 2.13. The Morgan fingerprint density at radius 1 is 1.26 bits per heavy atom. The average molecular weight is 294 g/mol. The zero-order chi connectivity index (χ0) is 13.6. The maximum absolute atomic E-state index is 11.9. The van der Waals surface area contributed by atoms with Crippen LogP contribution in [0.5, 0.6) is 0 Å². The second kappa shape index (κ2) is 4.22. The molecule has 3 rings (SSSR count). The van der Waals surface area contributed by atoms with E-state index in [4.69, 9.17) is 29.7 Å². The van der Waals surface area contributed by atoms with Gasteiger partial charge in [0, 0.05) is 10.6 Å². The second-order valence-electron chi connectivity index (χ2n) is 3.93. The number of benzene rings is 1. The molecule has 0 aliphatic rings. The summed E-state index contributed by atoms with van der Waals surface area (Å²) in [4.78, 5) is 14.8. The molecule has 0 saturated heterocycles. The summed E-state index contributed by atoms with van der Waals surface area (Å²) in [6.07, 6.45) is 0. The molecular formula is C11H8ClN5OS. The van der Waals surface area contributed by atoms with Crippen molar-refractivity contribution in [3.05, 3.63) is 44.4 Å². The van der Waals surface area contributed by atoms with Gasteiger partial charge < -0.3 is 10.8 Å². The Balaban J connectivity index is 2.35. The molecule has 3 aromatic rings. The van der Waals surface area contributed by atoms with Crippen molar-refractivity contribution in [3.63, 3.8) is 0 Å². The third-order valence-electron chi connectivity index (χ3n) is 2.77. The van der Waals surface area contributed by atoms with Gasteiger partial charge in [-0.15, -0.1) is 0 Å². The second-order valence-corrected chi connectivity index (χ2v) is 4.76. The molecule has 8 heteroatoms. The minimum absolute atomic E-state index is 0.133. The van der Waals surface area contributed by atoms with Gasteiger partial charge >= 0.3 is 0 Å². The van der Waals surface area contributed by atoms with Crippen LogP contribution in [0.3, 0.4) is 0 Å². The lowest BCUT2D eigenvalue weighted by Gasteiger charge is -2.00. The zero-order valence-corrected chi connectivity index (χ0v) is 11.0. The molecular weight excluding hydrogens is 286 g/mol. The summed E-state index contributed by atoms with van der Waals surface area (Å²) in [6.45, 7) is 0. The SMILES string of the molecule is Nn1c(=S)[nH]c2c(-c3ccc(Cl)cc3)n[nH]c2c1=O. The summed E-state index contributed by atoms with van der Waals surface area (Å²) >= 11 is 10.8. The van der Waals surface area contributed by atoms with Gasteiger partial charge in [0.25, 0.3) is 5.56 Å². The molecule has 0 bridgehead atoms. The number of nitrogen functional groups attached to an aromatic ring is 1. The molecule has 0 aliphatic heterocycles. The van der Waals surface area contributed by atoms with Crippen LogP contribution in [-0.2, 0) is 0 Å². The van der Waals surface area contributed by atoms with Crippen molar-refractivity contribution in [1.29, 1.82) is 0 Å². The monoisotopic (exact) mass is 293 g/mol. The van der Waals surface area contributed by atoms with Crippen LogP contribution in [0.15, 0.2) is 29.1 Å². The van der Waals surface area contributed by atoms with Gasteiger partial charge in [-0.2, -0.15) is 9.77 Å². The van der Waals surface area contributed by atoms with Gasteiger partial charge in [-0.25, -0.2) is 0 Å². The number of H-pyrrole nitrogens is 2. The van der Waals surface area contributed by atoms with E-state index in [0.29, 0.717) is 16.2 Å². The van der Waals surface area contributed by atoms with Crippen molar-refractivity contribution in [2.75, 3.05) is 5.84 Å². The third-order valence-corrected chi connectivity index (χ3v) is 3.32. The molecule has 0 fully saturated rings. The summed E-state index contributed by atoms with van der Waals surface area (Å²) in [6, 6.07) is 7.11. The van der Waals surface area contributed by atoms with E-state index in [9.17, 15) is 4.79 Å². The van der Waals surface area contributed by atoms with E-state index in [1.165, 1.54) is 0 Å². The Kier molecular flexibility index (Phi) is 2.65. The minimum atomic E-state index is -0.425. The summed E-state index contributed by atoms with van der Waals surface area (Å²) in [5, 5.41) is 7.41. The average Bonchev–Trinajstić information content (AvgIpc) is 2.81. The molecule has 6 nitrogen and oxygen atoms in total. The van der Waals surface area contributed by atoms with Crippen molar-refractivity contribution in [3.8, 4) is 11.3 Å². The lowest BCUT2D eigenvalue weighted by atomic mass is 10.1. The molecule has 0 aliphatic carbocycles. The van der Waals surface area contributed by atoms with Crippen LogP contribution < -0.4 is 11.4 Å². The smallest absolute Gasteiger partial charge is 0.298 e. The number of hydrogen-bond acceptors (Lipinski definition) is 4. The quantitative estimate of drug-likeness (QED) is 0.471. The van der Waals surface area contributed by atoms with Gasteiger partial charge in [0.1, 0.15) is 16.7 Å². The predicted molar refractivity (Wildman–Crippen MR) is 76.1 cm³/mol. The summed E-state index contributed by atoms with van der Waals surface area (Å²) in [7, 11) is 0. The molecule has 96 valence electrons. The Bertz CT molecular complexity index is 877. The number of nitrogens with one attached hydrogen (secondary N) is 2. The lowest BCUT2D eigenvalue weighted by molar-refractivity contribution is 0.887. The Labute approximate surface area is 116 Å². The topological polar surface area (TPSA) is 92.5 Å². The van der Waals surface area contributed by atoms with Crippen LogP contribution in [-0.4, -0.2) is 19.9 Å². The minimum Gasteiger partial charge on any atom is -0.334 e. The van der Waals surface area contributed by atoms with E-state index < -0.39 is 5.56 Å². The van der Waals surface area contributed by atoms with E-state index >= 15 is 0 Å². The fourth-order valence-electron chi connectivity index (χ4n) is 1.81. The fraction of sp³-hybridized carbons (Fsp3) is 0. The van der Waals surface area contributed by atoms with Gasteiger partial charge in [0.05, 0.1) is 0 Å². The first kappa shape index (κ1) is 11.9. The van der Waals surface area contributed by atoms with E-state index in [1.807, 2.05) is 12.1 Å². The molecule has 2 heterocycles. The summed E-state index contributed by atoms with van der Waals surface area (Å²) < 4.78 is 0.996. The van der Waals surface area contributed by atoms with Crippen LogP contribution in [0.2, 0.25) is 5.02 Å². The molecule has 0 amide bonds. The first-order valence-corrected chi connectivity index (χ1v) is 6.11. The number of fused-ring (bicyclic) bond motifs is 1. The van der Waals surface area contributed by atoms with Crippen molar-refractivity contribution in [2.24, 2.45) is 0 Å². The van der Waals surface area contributed by atoms with E-state index in [-0.39, 0.29) is 10.3 Å².